The fraction of sp³-hybridized carbons (Fsp3) is 0.690. The minimum absolute atomic E-state index is 0.00480. The van der Waals surface area contributed by atoms with Crippen LogP contribution in [0.5, 0.6) is 0 Å². The van der Waals surface area contributed by atoms with Crippen LogP contribution in [-0.2, 0) is 23.8 Å². The summed E-state index contributed by atoms with van der Waals surface area (Å²) in [7, 11) is 1.72. The molecule has 1 aliphatic carbocycles. The van der Waals surface area contributed by atoms with Gasteiger partial charge in [-0.2, -0.15) is 0 Å². The predicted molar refractivity (Wildman–Crippen MR) is 146 cm³/mol. The van der Waals surface area contributed by atoms with E-state index in [4.69, 9.17) is 19.9 Å². The molecule has 3 saturated heterocycles. The topological polar surface area (TPSA) is 115 Å². The normalized spacial score (nSPS) is 26.8. The summed E-state index contributed by atoms with van der Waals surface area (Å²) in [6.07, 6.45) is 3.10. The Morgan fingerprint density at radius 3 is 2.56 bits per heavy atom. The fourth-order valence-corrected chi connectivity index (χ4v) is 6.94. The summed E-state index contributed by atoms with van der Waals surface area (Å²) >= 11 is 0. The molecule has 0 unspecified atom stereocenters. The number of benzene rings is 1. The molecule has 5 rings (SSSR count). The fourth-order valence-electron chi connectivity index (χ4n) is 6.94. The van der Waals surface area contributed by atoms with Crippen molar-refractivity contribution in [1.29, 1.82) is 0 Å². The highest BCUT2D eigenvalue weighted by Gasteiger charge is 2.54. The molecule has 4 aliphatic rings. The van der Waals surface area contributed by atoms with Crippen molar-refractivity contribution in [3.63, 3.8) is 0 Å². The number of primary amides is 1. The molecule has 214 valence electrons. The van der Waals surface area contributed by atoms with Crippen LogP contribution >= 0.6 is 0 Å². The number of nitrogens with zero attached hydrogens (tertiary/aromatic N) is 3. The van der Waals surface area contributed by atoms with Gasteiger partial charge in [0.15, 0.2) is 5.78 Å². The monoisotopic (exact) mass is 542 g/mol. The van der Waals surface area contributed by atoms with E-state index in [2.05, 4.69) is 9.80 Å². The van der Waals surface area contributed by atoms with E-state index in [1.807, 2.05) is 19.1 Å². The SMILES string of the molecule is CCO[C@H]1CN(C(=O)[C@H](c2cc(N3CCN(CCOC)CC3)ccc2C(N)=O)C2CCCC2)[C@@H]2C(=O)CO[C@H]12. The number of piperazine rings is 1. The Bertz CT molecular complexity index is 1050. The van der Waals surface area contributed by atoms with E-state index >= 15 is 0 Å². The molecule has 0 bridgehead atoms. The van der Waals surface area contributed by atoms with Crippen molar-refractivity contribution in [3.05, 3.63) is 29.3 Å². The largest absolute Gasteiger partial charge is 0.383 e. The first-order valence-electron chi connectivity index (χ1n) is 14.4. The number of hydrogen-bond acceptors (Lipinski definition) is 8. The van der Waals surface area contributed by atoms with Gasteiger partial charge in [0.05, 0.1) is 19.1 Å². The smallest absolute Gasteiger partial charge is 0.249 e. The second-order valence-electron chi connectivity index (χ2n) is 11.2. The van der Waals surface area contributed by atoms with Gasteiger partial charge < -0.3 is 29.7 Å². The molecule has 39 heavy (non-hydrogen) atoms. The first kappa shape index (κ1) is 28.0. The van der Waals surface area contributed by atoms with Crippen LogP contribution in [0.2, 0.25) is 0 Å². The van der Waals surface area contributed by atoms with Crippen molar-refractivity contribution in [2.75, 3.05) is 71.1 Å². The molecule has 3 heterocycles. The molecule has 3 aliphatic heterocycles. The lowest BCUT2D eigenvalue weighted by molar-refractivity contribution is -0.139. The summed E-state index contributed by atoms with van der Waals surface area (Å²) in [5, 5.41) is 0. The van der Waals surface area contributed by atoms with Gasteiger partial charge in [-0.1, -0.05) is 12.8 Å². The summed E-state index contributed by atoms with van der Waals surface area (Å²) < 4.78 is 16.9. The molecule has 10 heteroatoms. The van der Waals surface area contributed by atoms with Crippen LogP contribution < -0.4 is 10.6 Å². The number of methoxy groups -OCH3 is 1. The first-order chi connectivity index (χ1) is 18.9. The number of ether oxygens (including phenoxy) is 3. The maximum absolute atomic E-state index is 14.5. The summed E-state index contributed by atoms with van der Waals surface area (Å²) in [5.74, 6) is -1.22. The van der Waals surface area contributed by atoms with Crippen LogP contribution in [0, 0.1) is 5.92 Å². The van der Waals surface area contributed by atoms with Crippen molar-refractivity contribution >= 4 is 23.3 Å². The number of hydrogen-bond donors (Lipinski definition) is 1. The highest BCUT2D eigenvalue weighted by molar-refractivity contribution is 5.99. The van der Waals surface area contributed by atoms with E-state index in [0.717, 1.165) is 64.1 Å². The van der Waals surface area contributed by atoms with Crippen LogP contribution in [0.15, 0.2) is 18.2 Å². The lowest BCUT2D eigenvalue weighted by atomic mass is 9.80. The summed E-state index contributed by atoms with van der Waals surface area (Å²) in [4.78, 5) is 46.3. The summed E-state index contributed by atoms with van der Waals surface area (Å²) in [5.41, 5.74) is 7.93. The van der Waals surface area contributed by atoms with Crippen LogP contribution in [0.1, 0.15) is 54.4 Å². The van der Waals surface area contributed by atoms with Gasteiger partial charge in [-0.05, 0) is 49.4 Å². The number of Topliss-reactive ketones (excluding diaryl/α,β-unsaturated/α-hetero) is 1. The van der Waals surface area contributed by atoms with Crippen LogP contribution in [0.25, 0.3) is 0 Å². The molecule has 10 nitrogen and oxygen atoms in total. The zero-order valence-corrected chi connectivity index (χ0v) is 23.2. The highest BCUT2D eigenvalue weighted by Crippen LogP contribution is 2.43. The Balaban J connectivity index is 1.46. The van der Waals surface area contributed by atoms with E-state index in [-0.39, 0.29) is 30.3 Å². The molecule has 4 fully saturated rings. The maximum Gasteiger partial charge on any atom is 0.249 e. The highest BCUT2D eigenvalue weighted by atomic mass is 16.6. The van der Waals surface area contributed by atoms with E-state index in [9.17, 15) is 14.4 Å². The maximum atomic E-state index is 14.5. The van der Waals surface area contributed by atoms with Crippen molar-refractivity contribution < 1.29 is 28.6 Å². The Morgan fingerprint density at radius 2 is 1.90 bits per heavy atom. The van der Waals surface area contributed by atoms with Crippen LogP contribution in [0.4, 0.5) is 5.69 Å². The van der Waals surface area contributed by atoms with Gasteiger partial charge in [-0.3, -0.25) is 19.3 Å². The minimum Gasteiger partial charge on any atom is -0.383 e. The molecule has 1 aromatic rings. The molecule has 1 aromatic carbocycles. The average molecular weight is 543 g/mol. The number of nitrogens with two attached hydrogens (primary N) is 1. The zero-order valence-electron chi connectivity index (χ0n) is 23.2. The van der Waals surface area contributed by atoms with Crippen LogP contribution in [-0.4, -0.2) is 112 Å². The number of anilines is 1. The number of fused-ring (bicyclic) bond motifs is 1. The van der Waals surface area contributed by atoms with Gasteiger partial charge >= 0.3 is 0 Å². The van der Waals surface area contributed by atoms with Gasteiger partial charge in [0.2, 0.25) is 11.8 Å². The number of amides is 2. The first-order valence-corrected chi connectivity index (χ1v) is 14.4. The van der Waals surface area contributed by atoms with Gasteiger partial charge in [-0.15, -0.1) is 0 Å². The number of ketones is 1. The minimum atomic E-state index is -0.640. The lowest BCUT2D eigenvalue weighted by Gasteiger charge is -2.37. The van der Waals surface area contributed by atoms with Crippen molar-refractivity contribution in [3.8, 4) is 0 Å². The molecule has 2 amide bonds. The molecular weight excluding hydrogens is 500 g/mol. The van der Waals surface area contributed by atoms with Gasteiger partial charge in [-0.25, -0.2) is 0 Å². The summed E-state index contributed by atoms with van der Waals surface area (Å²) in [6, 6.07) is 5.08. The standard InChI is InChI=1S/C29H42N4O6/c1-3-38-24-17-33(26-23(34)18-39-27(24)26)29(36)25(19-6-4-5-7-19)22-16-20(8-9-21(22)28(30)35)32-12-10-31(11-13-32)14-15-37-2/h8-9,16,19,24-27H,3-7,10-15,17-18H2,1-2H3,(H2,30,35)/t24-,25-,26+,27+/m0/s1. The predicted octanol–water partition coefficient (Wildman–Crippen LogP) is 1.41. The third kappa shape index (κ3) is 5.70. The van der Waals surface area contributed by atoms with Crippen molar-refractivity contribution in [2.24, 2.45) is 11.7 Å². The quantitative estimate of drug-likeness (QED) is 0.472. The molecule has 1 saturated carbocycles. The molecule has 0 radical (unpaired) electrons. The second-order valence-corrected chi connectivity index (χ2v) is 11.2. The van der Waals surface area contributed by atoms with E-state index in [1.165, 1.54) is 0 Å². The molecule has 2 N–H and O–H groups in total. The number of likely N-dealkylation sites (tertiary alicyclic amines) is 1. The second kappa shape index (κ2) is 12.3. The Morgan fingerprint density at radius 1 is 1.15 bits per heavy atom. The van der Waals surface area contributed by atoms with E-state index in [0.29, 0.717) is 30.9 Å². The van der Waals surface area contributed by atoms with E-state index < -0.39 is 24.0 Å². The van der Waals surface area contributed by atoms with Gasteiger partial charge in [0.25, 0.3) is 0 Å². The Kier molecular flexibility index (Phi) is 8.86. The number of rotatable bonds is 10. The third-order valence-electron chi connectivity index (χ3n) is 8.92. The lowest BCUT2D eigenvalue weighted by Crippen LogP contribution is -2.47. The molecule has 4 atom stereocenters. The third-order valence-corrected chi connectivity index (χ3v) is 8.92. The zero-order chi connectivity index (χ0) is 27.5. The Hall–Kier alpha value is -2.53. The number of carbonyl (C=O) groups is 3. The van der Waals surface area contributed by atoms with Gasteiger partial charge in [0, 0.05) is 57.7 Å². The van der Waals surface area contributed by atoms with Crippen molar-refractivity contribution in [1.82, 2.24) is 9.80 Å². The average Bonchev–Trinajstić information content (AvgIpc) is 3.68. The van der Waals surface area contributed by atoms with E-state index in [1.54, 1.807) is 18.1 Å². The molecular formula is C29H42N4O6. The van der Waals surface area contributed by atoms with Crippen LogP contribution in [0.3, 0.4) is 0 Å². The summed E-state index contributed by atoms with van der Waals surface area (Å²) in [6.45, 7) is 7.82. The molecule has 0 spiro atoms. The van der Waals surface area contributed by atoms with Crippen molar-refractivity contribution in [2.45, 2.75) is 56.8 Å². The number of carbonyl (C=O) groups excluding carboxylic acids is 3. The van der Waals surface area contributed by atoms with Gasteiger partial charge in [0.1, 0.15) is 24.9 Å². The molecule has 0 aromatic heterocycles. The Labute approximate surface area is 230 Å².